The molecule has 1 rings (SSSR count). The summed E-state index contributed by atoms with van der Waals surface area (Å²) in [6, 6.07) is -2.02. The second-order valence-electron chi connectivity index (χ2n) is 5.95. The fraction of sp³-hybridized carbons (Fsp3) is 0.812. The van der Waals surface area contributed by atoms with Crippen LogP contribution in [0.2, 0.25) is 0 Å². The van der Waals surface area contributed by atoms with E-state index in [0.29, 0.717) is 6.54 Å². The van der Waals surface area contributed by atoms with Gasteiger partial charge in [-0.2, -0.15) is 0 Å². The summed E-state index contributed by atoms with van der Waals surface area (Å²) >= 11 is 0. The number of carboxylic acids is 3. The second kappa shape index (κ2) is 16.4. The molecule has 160 valence electrons. The molecule has 1 heterocycles. The first kappa shape index (κ1) is 27.4. The van der Waals surface area contributed by atoms with Crippen LogP contribution in [0.3, 0.4) is 0 Å². The summed E-state index contributed by atoms with van der Waals surface area (Å²) in [6.07, 6.45) is 1.98. The molecule has 0 aromatic carbocycles. The lowest BCUT2D eigenvalue weighted by Gasteiger charge is -2.11. The molecule has 1 saturated heterocycles. The third kappa shape index (κ3) is 15.0. The van der Waals surface area contributed by atoms with E-state index in [0.717, 1.165) is 25.8 Å². The number of carboxylic acid groups (broad SMARTS) is 3. The van der Waals surface area contributed by atoms with Crippen molar-refractivity contribution in [1.29, 1.82) is 0 Å². The van der Waals surface area contributed by atoms with Crippen LogP contribution in [0.15, 0.2) is 0 Å². The first-order valence-corrected chi connectivity index (χ1v) is 8.78. The summed E-state index contributed by atoms with van der Waals surface area (Å²) in [5.41, 5.74) is 4.91. The molecule has 0 bridgehead atoms. The van der Waals surface area contributed by atoms with Crippen LogP contribution >= 0.6 is 0 Å². The minimum Gasteiger partial charge on any atom is -0.480 e. The number of nitrogens with one attached hydrogen (secondary N) is 2. The topological polar surface area (TPSA) is 202 Å². The van der Waals surface area contributed by atoms with Gasteiger partial charge >= 0.3 is 17.9 Å². The number of rotatable bonds is 9. The highest BCUT2D eigenvalue weighted by Crippen LogP contribution is 2.03. The Bertz CT molecular complexity index is 416. The van der Waals surface area contributed by atoms with E-state index >= 15 is 0 Å². The van der Waals surface area contributed by atoms with Crippen molar-refractivity contribution in [3.8, 4) is 0 Å². The summed E-state index contributed by atoms with van der Waals surface area (Å²) in [5, 5.41) is 47.6. The van der Waals surface area contributed by atoms with Crippen LogP contribution in [0, 0.1) is 0 Å². The average molecular weight is 395 g/mol. The predicted molar refractivity (Wildman–Crippen MR) is 97.4 cm³/mol. The summed E-state index contributed by atoms with van der Waals surface area (Å²) in [5.74, 6) is -2.80. The molecule has 27 heavy (non-hydrogen) atoms. The van der Waals surface area contributed by atoms with Gasteiger partial charge in [-0.1, -0.05) is 6.92 Å². The van der Waals surface area contributed by atoms with Crippen molar-refractivity contribution in [2.45, 2.75) is 63.8 Å². The lowest BCUT2D eigenvalue weighted by Crippen LogP contribution is -2.39. The van der Waals surface area contributed by atoms with Gasteiger partial charge in [0, 0.05) is 6.61 Å². The first-order chi connectivity index (χ1) is 12.6. The average Bonchev–Trinajstić information content (AvgIpc) is 3.13. The summed E-state index contributed by atoms with van der Waals surface area (Å²) < 4.78 is 0. The van der Waals surface area contributed by atoms with E-state index in [4.69, 9.17) is 31.3 Å². The minimum absolute atomic E-state index is 0.0896. The number of hydrogen-bond donors (Lipinski definition) is 8. The van der Waals surface area contributed by atoms with E-state index in [1.165, 1.54) is 6.92 Å². The Balaban J connectivity index is 0. The molecule has 11 heteroatoms. The number of aliphatic carboxylic acids is 3. The predicted octanol–water partition coefficient (Wildman–Crippen LogP) is -1.58. The standard InChI is InChI=1S/C7H15NO3.C5H9NO2.C4H9NO3/c1-2-4-8-6(3-5-9)7(10)11;7-5(8)4-2-1-3-6-4;1-2(6)3(5)4(7)8/h6,8-9H,2-5H2,1H3,(H,10,11);4,6H,1-3H2,(H,7,8);2-3,6H,5H2,1H3,(H,7,8)/t;4-;/m.0./s1. The van der Waals surface area contributed by atoms with Crippen molar-refractivity contribution in [3.63, 3.8) is 0 Å². The zero-order valence-electron chi connectivity index (χ0n) is 15.8. The highest BCUT2D eigenvalue weighted by atomic mass is 16.4. The quantitative estimate of drug-likeness (QED) is 0.224. The van der Waals surface area contributed by atoms with Gasteiger partial charge < -0.3 is 41.9 Å². The fourth-order valence-corrected chi connectivity index (χ4v) is 1.86. The third-order valence-electron chi connectivity index (χ3n) is 3.52. The van der Waals surface area contributed by atoms with Crippen LogP contribution in [0.25, 0.3) is 0 Å². The van der Waals surface area contributed by atoms with Crippen LogP contribution in [-0.2, 0) is 14.4 Å². The van der Waals surface area contributed by atoms with E-state index in [9.17, 15) is 14.4 Å². The molecule has 0 aromatic rings. The molecule has 4 atom stereocenters. The zero-order valence-corrected chi connectivity index (χ0v) is 15.8. The third-order valence-corrected chi connectivity index (χ3v) is 3.52. The lowest BCUT2D eigenvalue weighted by atomic mass is 10.2. The monoisotopic (exact) mass is 395 g/mol. The van der Waals surface area contributed by atoms with Gasteiger partial charge in [-0.05, 0) is 45.7 Å². The second-order valence-corrected chi connectivity index (χ2v) is 5.95. The molecule has 0 spiro atoms. The van der Waals surface area contributed by atoms with Crippen LogP contribution in [0.4, 0.5) is 0 Å². The van der Waals surface area contributed by atoms with Crippen molar-refractivity contribution in [1.82, 2.24) is 10.6 Å². The van der Waals surface area contributed by atoms with Gasteiger partial charge in [-0.25, -0.2) is 0 Å². The van der Waals surface area contributed by atoms with Crippen molar-refractivity contribution < 1.29 is 39.9 Å². The maximum absolute atomic E-state index is 10.4. The number of carbonyl (C=O) groups is 3. The molecule has 0 aromatic heterocycles. The highest BCUT2D eigenvalue weighted by molar-refractivity contribution is 5.74. The lowest BCUT2D eigenvalue weighted by molar-refractivity contribution is -0.141. The number of hydrogen-bond acceptors (Lipinski definition) is 8. The van der Waals surface area contributed by atoms with Crippen molar-refractivity contribution >= 4 is 17.9 Å². The van der Waals surface area contributed by atoms with Crippen LogP contribution in [0.5, 0.6) is 0 Å². The Hall–Kier alpha value is -1.79. The summed E-state index contributed by atoms with van der Waals surface area (Å²) in [4.78, 5) is 30.4. The van der Waals surface area contributed by atoms with E-state index in [1.54, 1.807) is 0 Å². The molecular formula is C16H33N3O8. The SMILES string of the molecule is CC(O)C(N)C(=O)O.CCCNC(CCO)C(=O)O.O=C(O)[C@@H]1CCCN1. The Morgan fingerprint density at radius 3 is 2.04 bits per heavy atom. The van der Waals surface area contributed by atoms with Gasteiger partial charge in [-0.3, -0.25) is 14.4 Å². The van der Waals surface area contributed by atoms with E-state index in [1.807, 2.05) is 6.92 Å². The van der Waals surface area contributed by atoms with Crippen molar-refractivity contribution in [2.75, 3.05) is 19.7 Å². The molecule has 1 aliphatic rings. The van der Waals surface area contributed by atoms with Gasteiger partial charge in [0.15, 0.2) is 0 Å². The molecule has 0 amide bonds. The van der Waals surface area contributed by atoms with Gasteiger partial charge in [0.05, 0.1) is 6.10 Å². The molecule has 0 radical (unpaired) electrons. The van der Waals surface area contributed by atoms with Gasteiger partial charge in [0.25, 0.3) is 0 Å². The Labute approximate surface area is 158 Å². The number of aliphatic hydroxyl groups is 2. The molecule has 1 aliphatic heterocycles. The Kier molecular flexibility index (Phi) is 16.6. The molecule has 0 saturated carbocycles. The molecule has 3 unspecified atom stereocenters. The van der Waals surface area contributed by atoms with Gasteiger partial charge in [0.2, 0.25) is 0 Å². The maximum Gasteiger partial charge on any atom is 0.323 e. The van der Waals surface area contributed by atoms with Crippen molar-refractivity contribution in [2.24, 2.45) is 5.73 Å². The minimum atomic E-state index is -1.18. The number of aliphatic hydroxyl groups excluding tert-OH is 2. The van der Waals surface area contributed by atoms with Crippen LogP contribution < -0.4 is 16.4 Å². The molecule has 11 nitrogen and oxygen atoms in total. The maximum atomic E-state index is 10.4. The van der Waals surface area contributed by atoms with Crippen LogP contribution in [0.1, 0.15) is 39.5 Å². The molecule has 0 aliphatic carbocycles. The molecule has 9 N–H and O–H groups in total. The zero-order chi connectivity index (χ0) is 21.4. The Morgan fingerprint density at radius 2 is 1.81 bits per heavy atom. The van der Waals surface area contributed by atoms with Gasteiger partial charge in [-0.15, -0.1) is 0 Å². The largest absolute Gasteiger partial charge is 0.480 e. The van der Waals surface area contributed by atoms with E-state index in [-0.39, 0.29) is 19.1 Å². The van der Waals surface area contributed by atoms with Crippen molar-refractivity contribution in [3.05, 3.63) is 0 Å². The van der Waals surface area contributed by atoms with Crippen LogP contribution in [-0.4, -0.2) is 87.4 Å². The van der Waals surface area contributed by atoms with Gasteiger partial charge in [0.1, 0.15) is 18.1 Å². The normalized spacial score (nSPS) is 18.8. The Morgan fingerprint density at radius 1 is 1.22 bits per heavy atom. The first-order valence-electron chi connectivity index (χ1n) is 8.78. The smallest absolute Gasteiger partial charge is 0.323 e. The van der Waals surface area contributed by atoms with E-state index < -0.39 is 36.1 Å². The fourth-order valence-electron chi connectivity index (χ4n) is 1.86. The highest BCUT2D eigenvalue weighted by Gasteiger charge is 2.20. The van der Waals surface area contributed by atoms with E-state index in [2.05, 4.69) is 10.6 Å². The molecular weight excluding hydrogens is 362 g/mol. The summed E-state index contributed by atoms with van der Waals surface area (Å²) in [6.45, 7) is 4.74. The summed E-state index contributed by atoms with van der Waals surface area (Å²) in [7, 11) is 0. The molecule has 1 fully saturated rings. The number of nitrogens with two attached hydrogens (primary N) is 1.